The molecule has 7 heteroatoms. The Morgan fingerprint density at radius 1 is 1.10 bits per heavy atom. The van der Waals surface area contributed by atoms with Gasteiger partial charge in [-0.25, -0.2) is 4.99 Å². The van der Waals surface area contributed by atoms with Gasteiger partial charge in [0.15, 0.2) is 5.96 Å². The van der Waals surface area contributed by atoms with Crippen LogP contribution in [0.3, 0.4) is 0 Å². The summed E-state index contributed by atoms with van der Waals surface area (Å²) in [5.41, 5.74) is 1.10. The van der Waals surface area contributed by atoms with E-state index in [1.807, 2.05) is 18.2 Å². The van der Waals surface area contributed by atoms with Gasteiger partial charge < -0.3 is 20.7 Å². The molecular formula is C22H35IN4O2. The highest BCUT2D eigenvalue weighted by molar-refractivity contribution is 14.0. The molecule has 2 aliphatic carbocycles. The Morgan fingerprint density at radius 2 is 1.86 bits per heavy atom. The van der Waals surface area contributed by atoms with Crippen molar-refractivity contribution in [3.63, 3.8) is 0 Å². The van der Waals surface area contributed by atoms with E-state index in [4.69, 9.17) is 9.73 Å². The first-order valence-electron chi connectivity index (χ1n) is 10.8. The number of carbonyl (C=O) groups is 1. The van der Waals surface area contributed by atoms with Crippen LogP contribution in [0, 0.1) is 11.8 Å². The Labute approximate surface area is 191 Å². The van der Waals surface area contributed by atoms with Gasteiger partial charge in [-0.15, -0.1) is 24.0 Å². The minimum atomic E-state index is 0. The largest absolute Gasteiger partial charge is 0.493 e. The molecule has 29 heavy (non-hydrogen) atoms. The maximum atomic E-state index is 11.8. The highest BCUT2D eigenvalue weighted by atomic mass is 127. The Kier molecular flexibility index (Phi) is 10.6. The minimum Gasteiger partial charge on any atom is -0.493 e. The first-order valence-corrected chi connectivity index (χ1v) is 10.8. The van der Waals surface area contributed by atoms with Crippen molar-refractivity contribution in [3.05, 3.63) is 29.8 Å². The summed E-state index contributed by atoms with van der Waals surface area (Å²) in [6.07, 6.45) is 6.74. The van der Waals surface area contributed by atoms with E-state index < -0.39 is 0 Å². The second-order valence-corrected chi connectivity index (χ2v) is 7.76. The van der Waals surface area contributed by atoms with Crippen LogP contribution < -0.4 is 20.7 Å². The number of aliphatic imine (C=N–C) groups is 1. The molecule has 6 nitrogen and oxygen atoms in total. The number of rotatable bonds is 11. The Bertz CT molecular complexity index is 660. The molecule has 1 aromatic rings. The van der Waals surface area contributed by atoms with E-state index in [1.165, 1.54) is 19.3 Å². The molecule has 0 bridgehead atoms. The Balaban J connectivity index is 0.00000300. The summed E-state index contributed by atoms with van der Waals surface area (Å²) in [4.78, 5) is 16.5. The van der Waals surface area contributed by atoms with Gasteiger partial charge in [0.2, 0.25) is 5.91 Å². The van der Waals surface area contributed by atoms with Crippen molar-refractivity contribution in [2.45, 2.75) is 52.0 Å². The van der Waals surface area contributed by atoms with E-state index in [0.717, 1.165) is 62.1 Å². The third-order valence-corrected chi connectivity index (χ3v) is 5.32. The number of nitrogens with zero attached hydrogens (tertiary/aromatic N) is 1. The summed E-state index contributed by atoms with van der Waals surface area (Å²) < 4.78 is 5.97. The normalized spacial score (nSPS) is 16.4. The second-order valence-electron chi connectivity index (χ2n) is 7.76. The number of halogens is 1. The molecule has 162 valence electrons. The highest BCUT2D eigenvalue weighted by Gasteiger charge is 2.24. The molecule has 0 aromatic heterocycles. The average Bonchev–Trinajstić information content (AvgIpc) is 3.47. The monoisotopic (exact) mass is 514 g/mol. The molecule has 0 saturated heterocycles. The van der Waals surface area contributed by atoms with Crippen LogP contribution in [0.1, 0.15) is 51.0 Å². The fraction of sp³-hybridized carbons (Fsp3) is 0.636. The maximum Gasteiger partial charge on any atom is 0.223 e. The van der Waals surface area contributed by atoms with Crippen molar-refractivity contribution in [2.24, 2.45) is 16.8 Å². The van der Waals surface area contributed by atoms with Crippen LogP contribution in [0.15, 0.2) is 29.3 Å². The van der Waals surface area contributed by atoms with Crippen molar-refractivity contribution in [1.29, 1.82) is 0 Å². The Morgan fingerprint density at radius 3 is 2.55 bits per heavy atom. The lowest BCUT2D eigenvalue weighted by atomic mass is 9.85. The fourth-order valence-corrected chi connectivity index (χ4v) is 3.09. The molecule has 2 saturated carbocycles. The number of nitrogens with one attached hydrogen (secondary N) is 3. The van der Waals surface area contributed by atoms with E-state index in [1.54, 1.807) is 0 Å². The molecule has 0 spiro atoms. The third kappa shape index (κ3) is 8.40. The van der Waals surface area contributed by atoms with Crippen LogP contribution >= 0.6 is 24.0 Å². The molecule has 0 aliphatic heterocycles. The van der Waals surface area contributed by atoms with Crippen molar-refractivity contribution >= 4 is 35.8 Å². The van der Waals surface area contributed by atoms with Crippen LogP contribution in [0.5, 0.6) is 5.75 Å². The Hall–Kier alpha value is -1.51. The number of para-hydroxylation sites is 1. The van der Waals surface area contributed by atoms with Gasteiger partial charge in [0.05, 0.1) is 13.2 Å². The number of hydrogen-bond acceptors (Lipinski definition) is 3. The molecule has 2 fully saturated rings. The first kappa shape index (κ1) is 23.8. The minimum absolute atomic E-state index is 0. The van der Waals surface area contributed by atoms with E-state index in [9.17, 15) is 4.79 Å². The second kappa shape index (κ2) is 12.9. The molecule has 0 atom stereocenters. The lowest BCUT2D eigenvalue weighted by Crippen LogP contribution is -2.39. The summed E-state index contributed by atoms with van der Waals surface area (Å²) >= 11 is 0. The molecule has 1 amide bonds. The lowest BCUT2D eigenvalue weighted by Gasteiger charge is -2.24. The summed E-state index contributed by atoms with van der Waals surface area (Å²) in [6.45, 7) is 5.74. The van der Waals surface area contributed by atoms with E-state index in [2.05, 4.69) is 28.9 Å². The van der Waals surface area contributed by atoms with Crippen molar-refractivity contribution < 1.29 is 9.53 Å². The van der Waals surface area contributed by atoms with E-state index in [0.29, 0.717) is 13.1 Å². The SMILES string of the molecule is CCNC(=NCc1ccccc1OCC1CC1)NCCCNC(=O)C1CCC1.I. The summed E-state index contributed by atoms with van der Waals surface area (Å²) in [6, 6.07) is 8.14. The molecule has 1 aromatic carbocycles. The molecule has 0 heterocycles. The number of guanidine groups is 1. The molecule has 3 rings (SSSR count). The van der Waals surface area contributed by atoms with E-state index in [-0.39, 0.29) is 35.8 Å². The zero-order valence-electron chi connectivity index (χ0n) is 17.4. The van der Waals surface area contributed by atoms with Gasteiger partial charge in [0, 0.05) is 31.1 Å². The van der Waals surface area contributed by atoms with Crippen molar-refractivity contribution in [1.82, 2.24) is 16.0 Å². The molecule has 2 aliphatic rings. The van der Waals surface area contributed by atoms with Crippen LogP contribution in [0.2, 0.25) is 0 Å². The zero-order chi connectivity index (χ0) is 19.6. The molecule has 3 N–H and O–H groups in total. The quantitative estimate of drug-likeness (QED) is 0.183. The average molecular weight is 514 g/mol. The van der Waals surface area contributed by atoms with Gasteiger partial charge >= 0.3 is 0 Å². The first-order chi connectivity index (χ1) is 13.8. The summed E-state index contributed by atoms with van der Waals surface area (Å²) in [5.74, 6) is 2.95. The number of benzene rings is 1. The lowest BCUT2D eigenvalue weighted by molar-refractivity contribution is -0.127. The zero-order valence-corrected chi connectivity index (χ0v) is 19.7. The molecule has 0 unspecified atom stereocenters. The third-order valence-electron chi connectivity index (χ3n) is 5.32. The van der Waals surface area contributed by atoms with Crippen molar-refractivity contribution in [2.75, 3.05) is 26.2 Å². The standard InChI is InChI=1S/C22H34N4O2.HI/c1-2-23-22(25-14-6-13-24-21(27)18-8-5-9-18)26-15-19-7-3-4-10-20(19)28-16-17-11-12-17;/h3-4,7,10,17-18H,2,5-6,8-9,11-16H2,1H3,(H,24,27)(H2,23,25,26);1H. The van der Waals surface area contributed by atoms with Crippen LogP contribution in [0.25, 0.3) is 0 Å². The van der Waals surface area contributed by atoms with Crippen LogP contribution in [-0.2, 0) is 11.3 Å². The predicted octanol–water partition coefficient (Wildman–Crippen LogP) is 3.45. The van der Waals surface area contributed by atoms with Gasteiger partial charge in [0.25, 0.3) is 0 Å². The summed E-state index contributed by atoms with van der Waals surface area (Å²) in [7, 11) is 0. The van der Waals surface area contributed by atoms with Gasteiger partial charge in [-0.3, -0.25) is 4.79 Å². The van der Waals surface area contributed by atoms with Crippen LogP contribution in [-0.4, -0.2) is 38.1 Å². The molecular weight excluding hydrogens is 479 g/mol. The molecule has 0 radical (unpaired) electrons. The maximum absolute atomic E-state index is 11.8. The van der Waals surface area contributed by atoms with Crippen LogP contribution in [0.4, 0.5) is 0 Å². The topological polar surface area (TPSA) is 74.8 Å². The van der Waals surface area contributed by atoms with E-state index >= 15 is 0 Å². The summed E-state index contributed by atoms with van der Waals surface area (Å²) in [5, 5.41) is 9.66. The number of hydrogen-bond donors (Lipinski definition) is 3. The number of carbonyl (C=O) groups excluding carboxylic acids is 1. The predicted molar refractivity (Wildman–Crippen MR) is 128 cm³/mol. The highest BCUT2D eigenvalue weighted by Crippen LogP contribution is 2.30. The van der Waals surface area contributed by atoms with Crippen molar-refractivity contribution in [3.8, 4) is 5.75 Å². The van der Waals surface area contributed by atoms with Gasteiger partial charge in [0.1, 0.15) is 5.75 Å². The fourth-order valence-electron chi connectivity index (χ4n) is 3.09. The van der Waals surface area contributed by atoms with Gasteiger partial charge in [-0.05, 0) is 51.0 Å². The van der Waals surface area contributed by atoms with Gasteiger partial charge in [-0.1, -0.05) is 24.6 Å². The van der Waals surface area contributed by atoms with Gasteiger partial charge in [-0.2, -0.15) is 0 Å². The number of ether oxygens (including phenoxy) is 1. The smallest absolute Gasteiger partial charge is 0.223 e. The number of amides is 1.